The fourth-order valence-corrected chi connectivity index (χ4v) is 2.50. The molecule has 0 bridgehead atoms. The van der Waals surface area contributed by atoms with Gasteiger partial charge in [-0.25, -0.2) is 4.79 Å². The summed E-state index contributed by atoms with van der Waals surface area (Å²) in [5.74, 6) is 0.426. The van der Waals surface area contributed by atoms with Crippen molar-refractivity contribution in [3.05, 3.63) is 0 Å². The number of hydrogen-bond donors (Lipinski definition) is 2. The van der Waals surface area contributed by atoms with E-state index in [-0.39, 0.29) is 5.91 Å². The summed E-state index contributed by atoms with van der Waals surface area (Å²) < 4.78 is 5.10. The van der Waals surface area contributed by atoms with E-state index in [1.165, 1.54) is 0 Å². The fraction of sp³-hybridized carbons (Fsp3) is 0.846. The molecule has 19 heavy (non-hydrogen) atoms. The number of likely N-dealkylation sites (tertiary alicyclic amines) is 1. The van der Waals surface area contributed by atoms with Crippen molar-refractivity contribution in [3.8, 4) is 0 Å². The third-order valence-electron chi connectivity index (χ3n) is 3.54. The molecule has 1 aliphatic rings. The molecule has 6 nitrogen and oxygen atoms in total. The molecule has 1 fully saturated rings. The Labute approximate surface area is 114 Å². The van der Waals surface area contributed by atoms with E-state index in [4.69, 9.17) is 10.5 Å². The molecule has 0 aromatic carbocycles. The van der Waals surface area contributed by atoms with Crippen molar-refractivity contribution in [1.29, 1.82) is 0 Å². The van der Waals surface area contributed by atoms with Crippen molar-refractivity contribution in [2.75, 3.05) is 26.8 Å². The Kier molecular flexibility index (Phi) is 6.62. The van der Waals surface area contributed by atoms with Crippen LogP contribution in [-0.4, -0.2) is 49.7 Å². The molecule has 1 heterocycles. The van der Waals surface area contributed by atoms with Crippen LogP contribution in [0.15, 0.2) is 0 Å². The summed E-state index contributed by atoms with van der Waals surface area (Å²) in [5, 5.41) is 2.44. The number of ether oxygens (including phenoxy) is 1. The van der Waals surface area contributed by atoms with Gasteiger partial charge in [0.2, 0.25) is 5.91 Å². The average molecular weight is 271 g/mol. The number of hydrogen-bond acceptors (Lipinski definition) is 3. The minimum absolute atomic E-state index is 0.0527. The zero-order chi connectivity index (χ0) is 14.3. The van der Waals surface area contributed by atoms with Gasteiger partial charge in [0.05, 0.1) is 0 Å². The molecule has 0 saturated carbocycles. The number of nitrogens with zero attached hydrogens (tertiary/aromatic N) is 1. The van der Waals surface area contributed by atoms with Crippen molar-refractivity contribution in [2.45, 2.75) is 38.6 Å². The molecule has 110 valence electrons. The van der Waals surface area contributed by atoms with Gasteiger partial charge in [-0.3, -0.25) is 4.79 Å². The minimum atomic E-state index is -0.661. The molecule has 0 aliphatic carbocycles. The highest BCUT2D eigenvalue weighted by atomic mass is 16.5. The summed E-state index contributed by atoms with van der Waals surface area (Å²) in [6.45, 7) is 3.89. The topological polar surface area (TPSA) is 84.7 Å². The van der Waals surface area contributed by atoms with Gasteiger partial charge >= 0.3 is 6.03 Å². The van der Waals surface area contributed by atoms with E-state index in [1.54, 1.807) is 14.0 Å². The highest BCUT2D eigenvalue weighted by molar-refractivity contribution is 5.86. The number of rotatable bonds is 5. The van der Waals surface area contributed by atoms with Gasteiger partial charge in [0.1, 0.15) is 6.04 Å². The maximum absolute atomic E-state index is 12.2. The monoisotopic (exact) mass is 271 g/mol. The molecule has 1 aliphatic heterocycles. The summed E-state index contributed by atoms with van der Waals surface area (Å²) in [7, 11) is 1.69. The van der Waals surface area contributed by atoms with Gasteiger partial charge < -0.3 is 20.7 Å². The Balaban J connectivity index is 2.54. The Bertz CT molecular complexity index is 310. The molecule has 0 spiro atoms. The lowest BCUT2D eigenvalue weighted by atomic mass is 10.00. The number of nitrogens with one attached hydrogen (secondary N) is 1. The van der Waals surface area contributed by atoms with Crippen LogP contribution in [0.25, 0.3) is 0 Å². The Morgan fingerprint density at radius 1 is 1.47 bits per heavy atom. The van der Waals surface area contributed by atoms with Gasteiger partial charge in [-0.05, 0) is 32.1 Å². The van der Waals surface area contributed by atoms with Crippen LogP contribution in [0.5, 0.6) is 0 Å². The Morgan fingerprint density at radius 2 is 2.21 bits per heavy atom. The van der Waals surface area contributed by atoms with E-state index in [0.717, 1.165) is 45.4 Å². The SMILES string of the molecule is COCCC1CCCCN(C(=O)C(C)NC(N)=O)C1. The molecule has 2 unspecified atom stereocenters. The van der Waals surface area contributed by atoms with E-state index in [1.807, 2.05) is 4.90 Å². The molecule has 6 heteroatoms. The first kappa shape index (κ1) is 15.8. The largest absolute Gasteiger partial charge is 0.385 e. The number of nitrogens with two attached hydrogens (primary N) is 1. The van der Waals surface area contributed by atoms with E-state index in [0.29, 0.717) is 5.92 Å². The molecule has 3 amide bonds. The third kappa shape index (κ3) is 5.46. The first-order valence-corrected chi connectivity index (χ1v) is 6.88. The van der Waals surface area contributed by atoms with E-state index < -0.39 is 12.1 Å². The smallest absolute Gasteiger partial charge is 0.312 e. The lowest BCUT2D eigenvalue weighted by Crippen LogP contribution is -2.49. The van der Waals surface area contributed by atoms with Gasteiger partial charge in [0, 0.05) is 26.8 Å². The standard InChI is InChI=1S/C13H25N3O3/c1-10(15-13(14)18)12(17)16-7-4-3-5-11(9-16)6-8-19-2/h10-11H,3-9H2,1-2H3,(H3,14,15,18). The summed E-state index contributed by atoms with van der Waals surface area (Å²) in [5.41, 5.74) is 5.05. The van der Waals surface area contributed by atoms with Crippen LogP contribution >= 0.6 is 0 Å². The third-order valence-corrected chi connectivity index (χ3v) is 3.54. The van der Waals surface area contributed by atoms with Crippen LogP contribution in [0.4, 0.5) is 4.79 Å². The zero-order valence-corrected chi connectivity index (χ0v) is 11.9. The molecule has 3 N–H and O–H groups in total. The van der Waals surface area contributed by atoms with Gasteiger partial charge in [-0.2, -0.15) is 0 Å². The number of carbonyl (C=O) groups is 2. The first-order chi connectivity index (χ1) is 9.04. The van der Waals surface area contributed by atoms with Crippen molar-refractivity contribution in [2.24, 2.45) is 11.7 Å². The lowest BCUT2D eigenvalue weighted by Gasteiger charge is -2.27. The highest BCUT2D eigenvalue weighted by Gasteiger charge is 2.25. The summed E-state index contributed by atoms with van der Waals surface area (Å²) >= 11 is 0. The maximum atomic E-state index is 12.2. The second-order valence-corrected chi connectivity index (χ2v) is 5.16. The van der Waals surface area contributed by atoms with Crippen molar-refractivity contribution >= 4 is 11.9 Å². The second-order valence-electron chi connectivity index (χ2n) is 5.16. The number of primary amides is 1. The summed E-state index contributed by atoms with van der Waals surface area (Å²) in [4.78, 5) is 24.9. The molecule has 0 aromatic rings. The van der Waals surface area contributed by atoms with Crippen LogP contribution in [-0.2, 0) is 9.53 Å². The molecule has 0 radical (unpaired) electrons. The van der Waals surface area contributed by atoms with E-state index in [2.05, 4.69) is 5.32 Å². The molecule has 1 saturated heterocycles. The summed E-state index contributed by atoms with van der Waals surface area (Å²) in [6.07, 6.45) is 4.25. The van der Waals surface area contributed by atoms with Crippen molar-refractivity contribution < 1.29 is 14.3 Å². The quantitative estimate of drug-likeness (QED) is 0.772. The number of urea groups is 1. The summed E-state index contributed by atoms with van der Waals surface area (Å²) in [6, 6.07) is -1.22. The predicted octanol–water partition coefficient (Wildman–Crippen LogP) is 0.708. The fourth-order valence-electron chi connectivity index (χ4n) is 2.50. The van der Waals surface area contributed by atoms with E-state index >= 15 is 0 Å². The van der Waals surface area contributed by atoms with Gasteiger partial charge in [0.25, 0.3) is 0 Å². The van der Waals surface area contributed by atoms with Gasteiger partial charge in [-0.1, -0.05) is 6.42 Å². The second kappa shape index (κ2) is 7.99. The number of amides is 3. The molecule has 0 aromatic heterocycles. The van der Waals surface area contributed by atoms with Crippen LogP contribution in [0.1, 0.15) is 32.6 Å². The van der Waals surface area contributed by atoms with Crippen LogP contribution < -0.4 is 11.1 Å². The lowest BCUT2D eigenvalue weighted by molar-refractivity contribution is -0.133. The maximum Gasteiger partial charge on any atom is 0.312 e. The molecule has 1 rings (SSSR count). The first-order valence-electron chi connectivity index (χ1n) is 6.88. The van der Waals surface area contributed by atoms with Gasteiger partial charge in [-0.15, -0.1) is 0 Å². The zero-order valence-electron chi connectivity index (χ0n) is 11.9. The molecular formula is C13H25N3O3. The van der Waals surface area contributed by atoms with Crippen LogP contribution in [0.2, 0.25) is 0 Å². The molecule has 2 atom stereocenters. The highest BCUT2D eigenvalue weighted by Crippen LogP contribution is 2.20. The van der Waals surface area contributed by atoms with Crippen LogP contribution in [0, 0.1) is 5.92 Å². The van der Waals surface area contributed by atoms with Crippen LogP contribution in [0.3, 0.4) is 0 Å². The number of methoxy groups -OCH3 is 1. The Hall–Kier alpha value is -1.30. The molecular weight excluding hydrogens is 246 g/mol. The van der Waals surface area contributed by atoms with Crippen molar-refractivity contribution in [3.63, 3.8) is 0 Å². The average Bonchev–Trinajstić information content (AvgIpc) is 2.60. The minimum Gasteiger partial charge on any atom is -0.385 e. The number of carbonyl (C=O) groups excluding carboxylic acids is 2. The Morgan fingerprint density at radius 3 is 2.84 bits per heavy atom. The van der Waals surface area contributed by atoms with Gasteiger partial charge in [0.15, 0.2) is 0 Å². The predicted molar refractivity (Wildman–Crippen MR) is 72.6 cm³/mol. The van der Waals surface area contributed by atoms with E-state index in [9.17, 15) is 9.59 Å². The van der Waals surface area contributed by atoms with Crippen molar-refractivity contribution in [1.82, 2.24) is 10.2 Å². The normalized spacial score (nSPS) is 21.6.